The summed E-state index contributed by atoms with van der Waals surface area (Å²) in [7, 11) is -3.41. The van der Waals surface area contributed by atoms with Crippen molar-refractivity contribution in [2.75, 3.05) is 11.5 Å². The van der Waals surface area contributed by atoms with Crippen molar-refractivity contribution in [1.29, 1.82) is 5.26 Å². The summed E-state index contributed by atoms with van der Waals surface area (Å²) in [6.07, 6.45) is 1.38. The van der Waals surface area contributed by atoms with Gasteiger partial charge in [-0.15, -0.1) is 5.10 Å². The van der Waals surface area contributed by atoms with Crippen molar-refractivity contribution in [2.24, 2.45) is 0 Å². The predicted octanol–water partition coefficient (Wildman–Crippen LogP) is 0.206. The molecule has 1 heterocycles. The maximum atomic E-state index is 12.0. The molecule has 0 unspecified atom stereocenters. The number of nitrogens with two attached hydrogens (primary N) is 1. The highest BCUT2D eigenvalue weighted by Crippen LogP contribution is 2.12. The number of aromatic nitrogens is 3. The average Bonchev–Trinajstić information content (AvgIpc) is 2.82. The van der Waals surface area contributed by atoms with Gasteiger partial charge in [0, 0.05) is 0 Å². The summed E-state index contributed by atoms with van der Waals surface area (Å²) >= 11 is 0. The fourth-order valence-electron chi connectivity index (χ4n) is 1.49. The Bertz CT molecular complexity index is 712. The zero-order valence-corrected chi connectivity index (χ0v) is 10.7. The Balaban J connectivity index is 2.11. The molecule has 0 aliphatic heterocycles. The molecule has 1 aromatic heterocycles. The second kappa shape index (κ2) is 5.07. The van der Waals surface area contributed by atoms with Crippen LogP contribution in [0.5, 0.6) is 0 Å². The Kier molecular flexibility index (Phi) is 3.48. The van der Waals surface area contributed by atoms with Gasteiger partial charge in [0.2, 0.25) is 5.95 Å². The molecular weight excluding hydrogens is 266 g/mol. The van der Waals surface area contributed by atoms with Crippen LogP contribution >= 0.6 is 0 Å². The lowest BCUT2D eigenvalue weighted by atomic mass is 10.2. The van der Waals surface area contributed by atoms with Crippen LogP contribution in [0.15, 0.2) is 35.5 Å². The molecule has 0 bridgehead atoms. The summed E-state index contributed by atoms with van der Waals surface area (Å²) in [5.41, 5.74) is 5.76. The van der Waals surface area contributed by atoms with Gasteiger partial charge in [-0.2, -0.15) is 5.26 Å². The Labute approximate surface area is 110 Å². The Morgan fingerprint density at radius 1 is 1.32 bits per heavy atom. The maximum Gasteiger partial charge on any atom is 0.239 e. The van der Waals surface area contributed by atoms with Gasteiger partial charge in [-0.05, 0) is 24.3 Å². The monoisotopic (exact) mass is 277 g/mol. The molecular formula is C11H11N5O2S. The van der Waals surface area contributed by atoms with E-state index < -0.39 is 9.84 Å². The predicted molar refractivity (Wildman–Crippen MR) is 67.6 cm³/mol. The summed E-state index contributed by atoms with van der Waals surface area (Å²) in [6.45, 7) is 0.173. The first-order valence-electron chi connectivity index (χ1n) is 5.39. The van der Waals surface area contributed by atoms with E-state index in [2.05, 4.69) is 10.1 Å². The fourth-order valence-corrected chi connectivity index (χ4v) is 2.70. The minimum Gasteiger partial charge on any atom is -0.367 e. The van der Waals surface area contributed by atoms with Crippen LogP contribution in [0.25, 0.3) is 0 Å². The normalized spacial score (nSPS) is 11.1. The molecule has 0 radical (unpaired) electrons. The molecule has 0 atom stereocenters. The molecule has 2 N–H and O–H groups in total. The summed E-state index contributed by atoms with van der Waals surface area (Å²) in [6, 6.07) is 7.72. The van der Waals surface area contributed by atoms with Crippen molar-refractivity contribution in [1.82, 2.24) is 14.8 Å². The van der Waals surface area contributed by atoms with Gasteiger partial charge >= 0.3 is 0 Å². The summed E-state index contributed by atoms with van der Waals surface area (Å²) in [5, 5.41) is 12.5. The largest absolute Gasteiger partial charge is 0.367 e. The number of anilines is 1. The minimum absolute atomic E-state index is 0.107. The molecule has 8 heteroatoms. The van der Waals surface area contributed by atoms with E-state index in [-0.39, 0.29) is 23.1 Å². The standard InChI is InChI=1S/C11H11N5O2S/c12-7-9-1-3-10(4-2-9)19(17,18)6-5-16-8-14-11(13)15-16/h1-4,8H,5-6H2,(H2,13,15). The number of aryl methyl sites for hydroxylation is 1. The van der Waals surface area contributed by atoms with Crippen LogP contribution in [0.1, 0.15) is 5.56 Å². The van der Waals surface area contributed by atoms with Crippen LogP contribution in [0.2, 0.25) is 0 Å². The van der Waals surface area contributed by atoms with Crippen molar-refractivity contribution >= 4 is 15.8 Å². The van der Waals surface area contributed by atoms with Crippen LogP contribution in [-0.2, 0) is 16.4 Å². The molecule has 0 spiro atoms. The van der Waals surface area contributed by atoms with E-state index in [4.69, 9.17) is 11.0 Å². The quantitative estimate of drug-likeness (QED) is 0.854. The number of sulfone groups is 1. The van der Waals surface area contributed by atoms with Crippen molar-refractivity contribution in [2.45, 2.75) is 11.4 Å². The Morgan fingerprint density at radius 3 is 2.53 bits per heavy atom. The Morgan fingerprint density at radius 2 is 2.00 bits per heavy atom. The number of hydrogen-bond acceptors (Lipinski definition) is 6. The second-order valence-corrected chi connectivity index (χ2v) is 5.93. The topological polar surface area (TPSA) is 115 Å². The summed E-state index contributed by atoms with van der Waals surface area (Å²) in [5.74, 6) is -0.00223. The van der Waals surface area contributed by atoms with Crippen molar-refractivity contribution < 1.29 is 8.42 Å². The number of hydrogen-bond donors (Lipinski definition) is 1. The molecule has 2 aromatic rings. The fraction of sp³-hybridized carbons (Fsp3) is 0.182. The van der Waals surface area contributed by atoms with Gasteiger partial charge in [-0.3, -0.25) is 0 Å². The highest BCUT2D eigenvalue weighted by atomic mass is 32.2. The molecule has 7 nitrogen and oxygen atoms in total. The van der Waals surface area contributed by atoms with Gasteiger partial charge in [0.15, 0.2) is 9.84 Å². The third-order valence-corrected chi connectivity index (χ3v) is 4.20. The lowest BCUT2D eigenvalue weighted by Crippen LogP contribution is -2.13. The first kappa shape index (κ1) is 13.0. The van der Waals surface area contributed by atoms with Crippen molar-refractivity contribution in [3.8, 4) is 6.07 Å². The molecule has 0 aliphatic rings. The highest BCUT2D eigenvalue weighted by molar-refractivity contribution is 7.91. The third-order valence-electron chi connectivity index (χ3n) is 2.49. The number of nitriles is 1. The van der Waals surface area contributed by atoms with Crippen LogP contribution in [0.3, 0.4) is 0 Å². The summed E-state index contributed by atoms with van der Waals surface area (Å²) in [4.78, 5) is 3.89. The molecule has 98 valence electrons. The molecule has 0 amide bonds. The van der Waals surface area contributed by atoms with Crippen LogP contribution in [-0.4, -0.2) is 28.9 Å². The first-order chi connectivity index (χ1) is 9.01. The van der Waals surface area contributed by atoms with Crippen LogP contribution < -0.4 is 5.73 Å². The van der Waals surface area contributed by atoms with Gasteiger partial charge in [0.05, 0.1) is 28.8 Å². The van der Waals surface area contributed by atoms with E-state index >= 15 is 0 Å². The molecule has 0 saturated heterocycles. The molecule has 0 saturated carbocycles. The zero-order valence-electron chi connectivity index (χ0n) is 9.89. The van der Waals surface area contributed by atoms with Gasteiger partial charge in [0.1, 0.15) is 6.33 Å². The molecule has 0 aliphatic carbocycles. The minimum atomic E-state index is -3.41. The van der Waals surface area contributed by atoms with E-state index in [0.29, 0.717) is 5.56 Å². The Hall–Kier alpha value is -2.40. The third kappa shape index (κ3) is 3.08. The number of rotatable bonds is 4. The summed E-state index contributed by atoms with van der Waals surface area (Å²) < 4.78 is 25.4. The number of nitrogens with zero attached hydrogens (tertiary/aromatic N) is 4. The molecule has 2 rings (SSSR count). The molecule has 1 aromatic carbocycles. The van der Waals surface area contributed by atoms with Crippen LogP contribution in [0, 0.1) is 11.3 Å². The van der Waals surface area contributed by atoms with E-state index in [9.17, 15) is 8.42 Å². The average molecular weight is 277 g/mol. The lowest BCUT2D eigenvalue weighted by Gasteiger charge is -2.04. The van der Waals surface area contributed by atoms with E-state index in [1.165, 1.54) is 35.3 Å². The van der Waals surface area contributed by atoms with Crippen molar-refractivity contribution in [3.63, 3.8) is 0 Å². The zero-order chi connectivity index (χ0) is 13.9. The second-order valence-electron chi connectivity index (χ2n) is 3.82. The maximum absolute atomic E-state index is 12.0. The number of benzene rings is 1. The molecule has 0 fully saturated rings. The van der Waals surface area contributed by atoms with Crippen LogP contribution in [0.4, 0.5) is 5.95 Å². The van der Waals surface area contributed by atoms with E-state index in [1.54, 1.807) is 0 Å². The first-order valence-corrected chi connectivity index (χ1v) is 7.04. The van der Waals surface area contributed by atoms with Crippen molar-refractivity contribution in [3.05, 3.63) is 36.2 Å². The smallest absolute Gasteiger partial charge is 0.239 e. The van der Waals surface area contributed by atoms with E-state index in [1.807, 2.05) is 6.07 Å². The van der Waals surface area contributed by atoms with E-state index in [0.717, 1.165) is 0 Å². The van der Waals surface area contributed by atoms with Gasteiger partial charge in [-0.1, -0.05) is 0 Å². The van der Waals surface area contributed by atoms with Gasteiger partial charge < -0.3 is 5.73 Å². The van der Waals surface area contributed by atoms with Gasteiger partial charge in [0.25, 0.3) is 0 Å². The molecule has 19 heavy (non-hydrogen) atoms. The number of nitrogen functional groups attached to an aromatic ring is 1. The van der Waals surface area contributed by atoms with Gasteiger partial charge in [-0.25, -0.2) is 18.1 Å². The lowest BCUT2D eigenvalue weighted by molar-refractivity contribution is 0.580. The highest BCUT2D eigenvalue weighted by Gasteiger charge is 2.14. The SMILES string of the molecule is N#Cc1ccc(S(=O)(=O)CCn2cnc(N)n2)cc1.